The lowest BCUT2D eigenvalue weighted by Gasteiger charge is -2.17. The first-order valence-electron chi connectivity index (χ1n) is 9.06. The van der Waals surface area contributed by atoms with Gasteiger partial charge in [0.25, 0.3) is 0 Å². The lowest BCUT2D eigenvalue weighted by atomic mass is 9.97. The van der Waals surface area contributed by atoms with Gasteiger partial charge in [-0.05, 0) is 55.7 Å². The highest BCUT2D eigenvalue weighted by molar-refractivity contribution is 5.70. The molecule has 0 aliphatic heterocycles. The molecule has 0 aliphatic carbocycles. The number of esters is 1. The molecule has 1 N–H and O–H groups in total. The largest absolute Gasteiger partial charge is 0.479 e. The molecule has 0 radical (unpaired) electrons. The van der Waals surface area contributed by atoms with E-state index in [1.54, 1.807) is 32.0 Å². The fraction of sp³-hybridized carbons (Fsp3) is 0.429. The van der Waals surface area contributed by atoms with Crippen molar-refractivity contribution in [2.24, 2.45) is 0 Å². The van der Waals surface area contributed by atoms with Crippen molar-refractivity contribution in [3.63, 3.8) is 0 Å². The molecule has 29 heavy (non-hydrogen) atoms. The summed E-state index contributed by atoms with van der Waals surface area (Å²) in [5.41, 5.74) is 2.99. The highest BCUT2D eigenvalue weighted by atomic mass is 19.1. The second-order valence-electron chi connectivity index (χ2n) is 6.56. The van der Waals surface area contributed by atoms with E-state index in [0.717, 1.165) is 11.1 Å². The number of hydrogen-bond acceptors (Lipinski definition) is 7. The molecule has 0 aliphatic rings. The Morgan fingerprint density at radius 1 is 1.21 bits per heavy atom. The van der Waals surface area contributed by atoms with Crippen molar-refractivity contribution in [1.82, 2.24) is 4.98 Å². The molecule has 1 heterocycles. The van der Waals surface area contributed by atoms with Gasteiger partial charge in [-0.1, -0.05) is 0 Å². The fourth-order valence-corrected chi connectivity index (χ4v) is 2.86. The van der Waals surface area contributed by atoms with Crippen LogP contribution in [0.5, 0.6) is 11.5 Å². The number of hydrogen-bond donors (Lipinski definition) is 1. The minimum absolute atomic E-state index is 0.00454. The Labute approximate surface area is 169 Å². The fourth-order valence-electron chi connectivity index (χ4n) is 2.86. The SMILES string of the molecule is COCOc1ccc(Cc2c(C)cc(OCC(=O)OC)c(F)c2C)nc1C(C)O. The number of methoxy groups -OCH3 is 2. The lowest BCUT2D eigenvalue weighted by Crippen LogP contribution is -2.14. The molecule has 1 aromatic heterocycles. The minimum atomic E-state index is -0.838. The van der Waals surface area contributed by atoms with Gasteiger partial charge in [0.15, 0.2) is 25.0 Å². The molecule has 7 nitrogen and oxygen atoms in total. The van der Waals surface area contributed by atoms with Crippen LogP contribution < -0.4 is 9.47 Å². The summed E-state index contributed by atoms with van der Waals surface area (Å²) < 4.78 is 34.8. The van der Waals surface area contributed by atoms with Crippen LogP contribution in [0.1, 0.15) is 41.1 Å². The van der Waals surface area contributed by atoms with Crippen LogP contribution in [-0.2, 0) is 20.7 Å². The number of pyridine rings is 1. The summed E-state index contributed by atoms with van der Waals surface area (Å²) in [6.07, 6.45) is -0.481. The third kappa shape index (κ3) is 5.65. The molecule has 0 spiro atoms. The molecule has 1 atom stereocenters. The van der Waals surface area contributed by atoms with E-state index >= 15 is 0 Å². The highest BCUT2D eigenvalue weighted by Gasteiger charge is 2.18. The standard InChI is InChI=1S/C21H26FNO6/c1-12-8-18(28-10-19(25)27-5)20(22)13(2)16(12)9-15-6-7-17(29-11-26-4)21(23-15)14(3)24/h6-8,14,24H,9-11H2,1-5H3. The molecule has 0 saturated heterocycles. The van der Waals surface area contributed by atoms with Gasteiger partial charge in [-0.15, -0.1) is 0 Å². The van der Waals surface area contributed by atoms with Crippen molar-refractivity contribution in [2.45, 2.75) is 33.3 Å². The predicted molar refractivity (Wildman–Crippen MR) is 104 cm³/mol. The van der Waals surface area contributed by atoms with Crippen LogP contribution in [0.3, 0.4) is 0 Å². The molecule has 158 valence electrons. The van der Waals surface area contributed by atoms with E-state index in [-0.39, 0.29) is 19.1 Å². The minimum Gasteiger partial charge on any atom is -0.479 e. The first kappa shape index (κ1) is 22.6. The van der Waals surface area contributed by atoms with Crippen molar-refractivity contribution in [1.29, 1.82) is 0 Å². The molecule has 1 aromatic carbocycles. The Hall–Kier alpha value is -2.71. The number of nitrogens with zero attached hydrogens (tertiary/aromatic N) is 1. The Morgan fingerprint density at radius 3 is 2.55 bits per heavy atom. The summed E-state index contributed by atoms with van der Waals surface area (Å²) in [5.74, 6) is -0.702. The number of aromatic nitrogens is 1. The zero-order valence-corrected chi connectivity index (χ0v) is 17.2. The first-order chi connectivity index (χ1) is 13.8. The molecular weight excluding hydrogens is 381 g/mol. The van der Waals surface area contributed by atoms with E-state index in [1.807, 2.05) is 6.92 Å². The van der Waals surface area contributed by atoms with Crippen LogP contribution in [0.2, 0.25) is 0 Å². The summed E-state index contributed by atoms with van der Waals surface area (Å²) in [6.45, 7) is 4.74. The Morgan fingerprint density at radius 2 is 1.93 bits per heavy atom. The van der Waals surface area contributed by atoms with Gasteiger partial charge in [0.2, 0.25) is 0 Å². The summed E-state index contributed by atoms with van der Waals surface area (Å²) >= 11 is 0. The van der Waals surface area contributed by atoms with Gasteiger partial charge in [0.1, 0.15) is 11.4 Å². The van der Waals surface area contributed by atoms with Gasteiger partial charge < -0.3 is 24.1 Å². The van der Waals surface area contributed by atoms with E-state index in [4.69, 9.17) is 14.2 Å². The summed E-state index contributed by atoms with van der Waals surface area (Å²) in [5, 5.41) is 10.0. The number of rotatable bonds is 9. The van der Waals surface area contributed by atoms with Crippen LogP contribution in [-0.4, -0.2) is 43.7 Å². The van der Waals surface area contributed by atoms with Crippen LogP contribution in [0, 0.1) is 19.7 Å². The monoisotopic (exact) mass is 407 g/mol. The van der Waals surface area contributed by atoms with Crippen LogP contribution in [0.15, 0.2) is 18.2 Å². The molecule has 2 rings (SSSR count). The zero-order chi connectivity index (χ0) is 21.6. The predicted octanol–water partition coefficient (Wildman–Crippen LogP) is 3.02. The Bertz CT molecular complexity index is 869. The van der Waals surface area contributed by atoms with E-state index in [1.165, 1.54) is 14.2 Å². The highest BCUT2D eigenvalue weighted by Crippen LogP contribution is 2.30. The molecule has 2 aromatic rings. The number of carbonyl (C=O) groups excluding carboxylic acids is 1. The third-order valence-corrected chi connectivity index (χ3v) is 4.42. The second-order valence-corrected chi connectivity index (χ2v) is 6.56. The van der Waals surface area contributed by atoms with Gasteiger partial charge in [0.05, 0.1) is 13.2 Å². The maximum Gasteiger partial charge on any atom is 0.343 e. The number of aryl methyl sites for hydroxylation is 1. The molecule has 0 amide bonds. The van der Waals surface area contributed by atoms with Crippen molar-refractivity contribution < 1.29 is 33.2 Å². The topological polar surface area (TPSA) is 87.1 Å². The van der Waals surface area contributed by atoms with Crippen molar-refractivity contribution in [3.8, 4) is 11.5 Å². The normalized spacial score (nSPS) is 11.8. The summed E-state index contributed by atoms with van der Waals surface area (Å²) in [4.78, 5) is 15.7. The van der Waals surface area contributed by atoms with Gasteiger partial charge in [-0.3, -0.25) is 4.98 Å². The number of carbonyl (C=O) groups is 1. The molecule has 0 fully saturated rings. The smallest absolute Gasteiger partial charge is 0.343 e. The maximum absolute atomic E-state index is 14.7. The Kier molecular flexibility index (Phi) is 7.92. The van der Waals surface area contributed by atoms with E-state index in [9.17, 15) is 14.3 Å². The molecule has 1 unspecified atom stereocenters. The molecule has 0 saturated carbocycles. The van der Waals surface area contributed by atoms with Gasteiger partial charge in [-0.25, -0.2) is 9.18 Å². The molecule has 8 heteroatoms. The number of halogens is 1. The number of ether oxygens (including phenoxy) is 4. The van der Waals surface area contributed by atoms with Crippen molar-refractivity contribution in [2.75, 3.05) is 27.6 Å². The van der Waals surface area contributed by atoms with Gasteiger partial charge in [0, 0.05) is 19.2 Å². The molecular formula is C21H26FNO6. The average Bonchev–Trinajstić information content (AvgIpc) is 2.71. The van der Waals surface area contributed by atoms with Crippen LogP contribution in [0.25, 0.3) is 0 Å². The number of benzene rings is 1. The maximum atomic E-state index is 14.7. The third-order valence-electron chi connectivity index (χ3n) is 4.42. The van der Waals surface area contributed by atoms with Crippen molar-refractivity contribution >= 4 is 5.97 Å². The average molecular weight is 407 g/mol. The Balaban J connectivity index is 2.30. The van der Waals surface area contributed by atoms with Crippen molar-refractivity contribution in [3.05, 3.63) is 52.1 Å². The first-order valence-corrected chi connectivity index (χ1v) is 9.06. The zero-order valence-electron chi connectivity index (χ0n) is 17.2. The van der Waals surface area contributed by atoms with E-state index in [2.05, 4.69) is 9.72 Å². The molecule has 0 bridgehead atoms. The second kappa shape index (κ2) is 10.2. The van der Waals surface area contributed by atoms with E-state index < -0.39 is 17.9 Å². The van der Waals surface area contributed by atoms with Gasteiger partial charge >= 0.3 is 5.97 Å². The quantitative estimate of drug-likeness (QED) is 0.505. The lowest BCUT2D eigenvalue weighted by molar-refractivity contribution is -0.142. The summed E-state index contributed by atoms with van der Waals surface area (Å²) in [7, 11) is 2.74. The summed E-state index contributed by atoms with van der Waals surface area (Å²) in [6, 6.07) is 5.01. The van der Waals surface area contributed by atoms with Gasteiger partial charge in [-0.2, -0.15) is 0 Å². The number of aliphatic hydroxyl groups excluding tert-OH is 1. The number of aliphatic hydroxyl groups is 1. The van der Waals surface area contributed by atoms with Crippen LogP contribution >= 0.6 is 0 Å². The van der Waals surface area contributed by atoms with E-state index in [0.29, 0.717) is 29.1 Å². The van der Waals surface area contributed by atoms with Crippen LogP contribution in [0.4, 0.5) is 4.39 Å².